The lowest BCUT2D eigenvalue weighted by atomic mass is 10.2. The van der Waals surface area contributed by atoms with Crippen LogP contribution in [0.4, 0.5) is 16.2 Å². The van der Waals surface area contributed by atoms with Gasteiger partial charge in [0.05, 0.1) is 16.4 Å². The fraction of sp³-hybridized carbons (Fsp3) is 0.222. The monoisotopic (exact) mass is 272 g/mol. The number of carbonyl (C=O) groups is 1. The van der Waals surface area contributed by atoms with Crippen molar-refractivity contribution in [1.29, 1.82) is 0 Å². The largest absolute Gasteiger partial charge is 0.447 e. The molecule has 1 heterocycles. The maximum Gasteiger partial charge on any atom is 0.414 e. The number of benzene rings is 1. The van der Waals surface area contributed by atoms with Crippen LogP contribution in [-0.4, -0.2) is 32.9 Å². The van der Waals surface area contributed by atoms with Crippen molar-refractivity contribution in [3.05, 3.63) is 28.3 Å². The minimum absolute atomic E-state index is 0.0525. The van der Waals surface area contributed by atoms with Crippen molar-refractivity contribution in [3.63, 3.8) is 0 Å². The van der Waals surface area contributed by atoms with E-state index in [2.05, 4.69) is 4.74 Å². The van der Waals surface area contributed by atoms with Crippen LogP contribution in [-0.2, 0) is 15.8 Å². The average molecular weight is 272 g/mol. The van der Waals surface area contributed by atoms with Crippen molar-refractivity contribution >= 4 is 28.5 Å². The first kappa shape index (κ1) is 12.5. The molecule has 0 aliphatic carbocycles. The summed E-state index contributed by atoms with van der Waals surface area (Å²) in [6.45, 7) is 0.366. The summed E-state index contributed by atoms with van der Waals surface area (Å²) >= 11 is -2.31. The molecule has 0 saturated carbocycles. The first-order valence-corrected chi connectivity index (χ1v) is 5.95. The van der Waals surface area contributed by atoms with Gasteiger partial charge in [-0.15, -0.1) is 0 Å². The number of nitro groups is 1. The predicted molar refractivity (Wildman–Crippen MR) is 60.8 cm³/mol. The van der Waals surface area contributed by atoms with Crippen LogP contribution in [0, 0.1) is 10.1 Å². The molecule has 8 nitrogen and oxygen atoms in total. The number of cyclic esters (lactones) is 1. The van der Waals surface area contributed by atoms with Gasteiger partial charge in [-0.3, -0.25) is 15.0 Å². The maximum absolute atomic E-state index is 11.3. The zero-order valence-electron chi connectivity index (χ0n) is 8.94. The molecule has 2 rings (SSSR count). The summed E-state index contributed by atoms with van der Waals surface area (Å²) in [4.78, 5) is 22.5. The molecule has 1 aromatic carbocycles. The molecular formula is C9H8N2O6S. The van der Waals surface area contributed by atoms with E-state index in [1.54, 1.807) is 0 Å². The third-order valence-electron chi connectivity index (χ3n) is 2.40. The SMILES string of the molecule is O=C1OCCN1c1ccc(S(=O)O)cc1[N+](=O)[O-]. The van der Waals surface area contributed by atoms with Gasteiger partial charge in [-0.1, -0.05) is 0 Å². The fourth-order valence-electron chi connectivity index (χ4n) is 1.60. The van der Waals surface area contributed by atoms with Crippen molar-refractivity contribution in [2.75, 3.05) is 18.1 Å². The third-order valence-corrected chi connectivity index (χ3v) is 3.05. The number of hydrogen-bond acceptors (Lipinski definition) is 5. The Kier molecular flexibility index (Phi) is 3.26. The van der Waals surface area contributed by atoms with Gasteiger partial charge in [0.25, 0.3) is 5.69 Å². The van der Waals surface area contributed by atoms with Gasteiger partial charge in [0, 0.05) is 6.07 Å². The smallest absolute Gasteiger partial charge is 0.414 e. The van der Waals surface area contributed by atoms with Crippen LogP contribution in [0.1, 0.15) is 0 Å². The molecule has 9 heteroatoms. The summed E-state index contributed by atoms with van der Waals surface area (Å²) in [6, 6.07) is 3.48. The van der Waals surface area contributed by atoms with E-state index < -0.39 is 27.8 Å². The minimum Gasteiger partial charge on any atom is -0.447 e. The number of nitrogens with zero attached hydrogens (tertiary/aromatic N) is 2. The molecule has 0 aromatic heterocycles. The lowest BCUT2D eigenvalue weighted by Gasteiger charge is -2.12. The molecule has 1 fully saturated rings. The fourth-order valence-corrected chi connectivity index (χ4v) is 2.00. The molecule has 1 amide bonds. The standard InChI is InChI=1S/C9H8N2O6S/c12-9-10(3-4-17-9)7-2-1-6(18(15)16)5-8(7)11(13)14/h1-2,5H,3-4H2,(H,15,16). The van der Waals surface area contributed by atoms with Crippen molar-refractivity contribution < 1.29 is 23.2 Å². The van der Waals surface area contributed by atoms with E-state index in [-0.39, 0.29) is 23.7 Å². The Morgan fingerprint density at radius 1 is 1.50 bits per heavy atom. The van der Waals surface area contributed by atoms with Crippen LogP contribution in [0.2, 0.25) is 0 Å². The Labute approximate surface area is 104 Å². The van der Waals surface area contributed by atoms with E-state index in [9.17, 15) is 19.1 Å². The zero-order chi connectivity index (χ0) is 13.3. The Bertz CT molecular complexity index is 546. The third kappa shape index (κ3) is 2.17. The molecule has 1 N–H and O–H groups in total. The van der Waals surface area contributed by atoms with Gasteiger partial charge in [0.15, 0.2) is 11.1 Å². The van der Waals surface area contributed by atoms with Gasteiger partial charge in [-0.25, -0.2) is 9.00 Å². The molecule has 0 radical (unpaired) electrons. The lowest BCUT2D eigenvalue weighted by Crippen LogP contribution is -2.24. The summed E-state index contributed by atoms with van der Waals surface area (Å²) < 4.78 is 24.4. The van der Waals surface area contributed by atoms with Crippen LogP contribution < -0.4 is 4.90 Å². The number of nitro benzene ring substituents is 1. The number of amides is 1. The molecule has 18 heavy (non-hydrogen) atoms. The van der Waals surface area contributed by atoms with Crippen molar-refractivity contribution in [2.24, 2.45) is 0 Å². The minimum atomic E-state index is -2.31. The number of rotatable bonds is 3. The number of ether oxygens (including phenoxy) is 1. The van der Waals surface area contributed by atoms with Crippen LogP contribution in [0.25, 0.3) is 0 Å². The molecule has 1 aliphatic rings. The maximum atomic E-state index is 11.3. The van der Waals surface area contributed by atoms with E-state index in [0.717, 1.165) is 11.0 Å². The second-order valence-corrected chi connectivity index (χ2v) is 4.39. The van der Waals surface area contributed by atoms with E-state index >= 15 is 0 Å². The molecule has 1 aliphatic heterocycles. The number of carbonyl (C=O) groups excluding carboxylic acids is 1. The summed E-state index contributed by atoms with van der Waals surface area (Å²) in [7, 11) is 0. The molecule has 1 atom stereocenters. The van der Waals surface area contributed by atoms with Gasteiger partial charge in [-0.2, -0.15) is 0 Å². The van der Waals surface area contributed by atoms with Gasteiger partial charge in [-0.05, 0) is 12.1 Å². The summed E-state index contributed by atoms with van der Waals surface area (Å²) in [5.41, 5.74) is -0.356. The normalized spacial score (nSPS) is 16.5. The highest BCUT2D eigenvalue weighted by molar-refractivity contribution is 7.79. The topological polar surface area (TPSA) is 110 Å². The lowest BCUT2D eigenvalue weighted by molar-refractivity contribution is -0.384. The van der Waals surface area contributed by atoms with Crippen molar-refractivity contribution in [1.82, 2.24) is 0 Å². The molecule has 0 spiro atoms. The van der Waals surface area contributed by atoms with Gasteiger partial charge in [0.2, 0.25) is 0 Å². The highest BCUT2D eigenvalue weighted by Gasteiger charge is 2.30. The van der Waals surface area contributed by atoms with Crippen molar-refractivity contribution in [3.8, 4) is 0 Å². The molecule has 1 unspecified atom stereocenters. The first-order valence-electron chi connectivity index (χ1n) is 4.84. The summed E-state index contributed by atoms with van der Waals surface area (Å²) in [5.74, 6) is 0. The van der Waals surface area contributed by atoms with E-state index in [4.69, 9.17) is 4.55 Å². The first-order chi connectivity index (χ1) is 8.50. The molecule has 0 bridgehead atoms. The van der Waals surface area contributed by atoms with Crippen molar-refractivity contribution in [2.45, 2.75) is 4.90 Å². The van der Waals surface area contributed by atoms with E-state index in [1.165, 1.54) is 12.1 Å². The predicted octanol–water partition coefficient (Wildman–Crippen LogP) is 1.13. The summed E-state index contributed by atoms with van der Waals surface area (Å²) in [6.07, 6.45) is -0.670. The van der Waals surface area contributed by atoms with Gasteiger partial charge < -0.3 is 9.29 Å². The second-order valence-electron chi connectivity index (χ2n) is 3.42. The number of hydrogen-bond donors (Lipinski definition) is 1. The van der Waals surface area contributed by atoms with Gasteiger partial charge >= 0.3 is 6.09 Å². The average Bonchev–Trinajstić information content (AvgIpc) is 2.74. The molecular weight excluding hydrogens is 264 g/mol. The van der Waals surface area contributed by atoms with Crippen LogP contribution in [0.3, 0.4) is 0 Å². The Morgan fingerprint density at radius 3 is 2.72 bits per heavy atom. The Hall–Kier alpha value is -2.00. The molecule has 1 saturated heterocycles. The second kappa shape index (κ2) is 4.70. The highest BCUT2D eigenvalue weighted by Crippen LogP contribution is 2.31. The van der Waals surface area contributed by atoms with Crippen LogP contribution in [0.15, 0.2) is 23.1 Å². The van der Waals surface area contributed by atoms with E-state index in [0.29, 0.717) is 0 Å². The van der Waals surface area contributed by atoms with E-state index in [1.807, 2.05) is 0 Å². The number of anilines is 1. The highest BCUT2D eigenvalue weighted by atomic mass is 32.2. The van der Waals surface area contributed by atoms with Crippen LogP contribution in [0.5, 0.6) is 0 Å². The molecule has 1 aromatic rings. The van der Waals surface area contributed by atoms with Gasteiger partial charge in [0.1, 0.15) is 12.3 Å². The molecule has 96 valence electrons. The van der Waals surface area contributed by atoms with Crippen LogP contribution >= 0.6 is 0 Å². The Morgan fingerprint density at radius 2 is 2.22 bits per heavy atom. The quantitative estimate of drug-likeness (QED) is 0.501. The zero-order valence-corrected chi connectivity index (χ0v) is 9.75. The Balaban J connectivity index is 2.50. The summed E-state index contributed by atoms with van der Waals surface area (Å²) in [5, 5.41) is 10.9.